The second-order valence-electron chi connectivity index (χ2n) is 8.33. The monoisotopic (exact) mass is 441 g/mol. The summed E-state index contributed by atoms with van der Waals surface area (Å²) in [5, 5.41) is 15.1. The first-order valence-corrected chi connectivity index (χ1v) is 11.0. The Morgan fingerprint density at radius 1 is 0.879 bits per heavy atom. The van der Waals surface area contributed by atoms with Crippen LogP contribution in [0.2, 0.25) is 0 Å². The van der Waals surface area contributed by atoms with Crippen LogP contribution in [0.1, 0.15) is 36.4 Å². The van der Waals surface area contributed by atoms with Crippen LogP contribution in [-0.4, -0.2) is 41.8 Å². The molecule has 0 radical (unpaired) electrons. The summed E-state index contributed by atoms with van der Waals surface area (Å²) in [4.78, 5) is 25.9. The Kier molecular flexibility index (Phi) is 6.54. The molecule has 1 N–H and O–H groups in total. The molecule has 0 saturated carbocycles. The van der Waals surface area contributed by atoms with Crippen molar-refractivity contribution < 1.29 is 14.7 Å². The second-order valence-corrected chi connectivity index (χ2v) is 8.33. The highest BCUT2D eigenvalue weighted by Gasteiger charge is 2.33. The molecule has 1 heterocycles. The molecular weight excluding hydrogens is 414 g/mol. The van der Waals surface area contributed by atoms with E-state index < -0.39 is 5.97 Å². The predicted octanol–water partition coefficient (Wildman–Crippen LogP) is 4.96. The van der Waals surface area contributed by atoms with Crippen LogP contribution in [0.4, 0.5) is 5.69 Å². The summed E-state index contributed by atoms with van der Waals surface area (Å²) in [5.74, 6) is -1.27. The van der Waals surface area contributed by atoms with Crippen molar-refractivity contribution in [2.75, 3.05) is 19.0 Å². The van der Waals surface area contributed by atoms with E-state index in [4.69, 9.17) is 5.11 Å². The average Bonchev–Trinajstić information content (AvgIpc) is 3.29. The van der Waals surface area contributed by atoms with Gasteiger partial charge in [-0.2, -0.15) is 5.10 Å². The number of amides is 1. The van der Waals surface area contributed by atoms with Crippen molar-refractivity contribution in [2.45, 2.75) is 25.3 Å². The first-order valence-electron chi connectivity index (χ1n) is 11.0. The van der Waals surface area contributed by atoms with E-state index in [9.17, 15) is 9.59 Å². The summed E-state index contributed by atoms with van der Waals surface area (Å²) in [6.45, 7) is 0. The third-order valence-corrected chi connectivity index (χ3v) is 5.84. The molecule has 0 spiro atoms. The smallest absolute Gasteiger partial charge is 0.303 e. The lowest BCUT2D eigenvalue weighted by atomic mass is 9.96. The summed E-state index contributed by atoms with van der Waals surface area (Å²) in [5.41, 5.74) is 6.07. The number of benzene rings is 3. The third-order valence-electron chi connectivity index (χ3n) is 5.84. The molecule has 168 valence electrons. The minimum atomic E-state index is -0.991. The van der Waals surface area contributed by atoms with E-state index in [2.05, 4.69) is 29.4 Å². The van der Waals surface area contributed by atoms with Gasteiger partial charge in [0.05, 0.1) is 18.2 Å². The lowest BCUT2D eigenvalue weighted by molar-refractivity contribution is -0.141. The van der Waals surface area contributed by atoms with Crippen molar-refractivity contribution >= 4 is 23.3 Å². The standard InChI is InChI=1S/C27H27N3O3/c1-29(2)23-14-12-22(13-15-23)25-18-24(28-30(25)26(31)16-17-27(32)33)21-10-8-20(9-11-21)19-6-4-3-5-7-19/h3-15,25H,16-18H2,1-2H3,(H,32,33). The van der Waals surface area contributed by atoms with Crippen LogP contribution in [0.3, 0.4) is 0 Å². The highest BCUT2D eigenvalue weighted by Crippen LogP contribution is 2.34. The molecule has 3 aromatic rings. The second kappa shape index (κ2) is 9.69. The number of carbonyl (C=O) groups is 2. The fourth-order valence-corrected chi connectivity index (χ4v) is 3.98. The van der Waals surface area contributed by atoms with Crippen molar-refractivity contribution in [1.82, 2.24) is 5.01 Å². The van der Waals surface area contributed by atoms with E-state index in [0.29, 0.717) is 6.42 Å². The number of hydrazone groups is 1. The molecule has 6 heteroatoms. The minimum absolute atomic E-state index is 0.0780. The van der Waals surface area contributed by atoms with Crippen LogP contribution in [-0.2, 0) is 9.59 Å². The summed E-state index contributed by atoms with van der Waals surface area (Å²) >= 11 is 0. The Balaban J connectivity index is 1.60. The summed E-state index contributed by atoms with van der Waals surface area (Å²) in [6, 6.07) is 26.1. The van der Waals surface area contributed by atoms with Crippen LogP contribution in [0.15, 0.2) is 84.0 Å². The number of rotatable bonds is 7. The number of carboxylic acids is 1. The van der Waals surface area contributed by atoms with Gasteiger partial charge in [0, 0.05) is 32.6 Å². The van der Waals surface area contributed by atoms with Gasteiger partial charge in [0.25, 0.3) is 0 Å². The van der Waals surface area contributed by atoms with Crippen molar-refractivity contribution in [3.63, 3.8) is 0 Å². The van der Waals surface area contributed by atoms with Gasteiger partial charge < -0.3 is 10.0 Å². The van der Waals surface area contributed by atoms with Gasteiger partial charge in [-0.1, -0.05) is 66.7 Å². The number of aliphatic carboxylic acids is 1. The van der Waals surface area contributed by atoms with Crippen molar-refractivity contribution in [3.8, 4) is 11.1 Å². The zero-order valence-electron chi connectivity index (χ0n) is 18.8. The molecule has 4 rings (SSSR count). The lowest BCUT2D eigenvalue weighted by Gasteiger charge is -2.22. The Morgan fingerprint density at radius 3 is 2.09 bits per heavy atom. The maximum atomic E-state index is 12.9. The molecule has 0 bridgehead atoms. The molecular formula is C27H27N3O3. The molecule has 1 aliphatic heterocycles. The number of hydrogen-bond acceptors (Lipinski definition) is 4. The van der Waals surface area contributed by atoms with Gasteiger partial charge in [-0.25, -0.2) is 5.01 Å². The molecule has 1 atom stereocenters. The van der Waals surface area contributed by atoms with Gasteiger partial charge >= 0.3 is 5.97 Å². The first kappa shape index (κ1) is 22.3. The molecule has 6 nitrogen and oxygen atoms in total. The summed E-state index contributed by atoms with van der Waals surface area (Å²) in [7, 11) is 3.96. The van der Waals surface area contributed by atoms with Gasteiger partial charge in [0.15, 0.2) is 0 Å². The maximum absolute atomic E-state index is 12.9. The first-order chi connectivity index (χ1) is 15.9. The minimum Gasteiger partial charge on any atom is -0.481 e. The molecule has 1 amide bonds. The van der Waals surface area contributed by atoms with E-state index >= 15 is 0 Å². The van der Waals surface area contributed by atoms with Crippen molar-refractivity contribution in [2.24, 2.45) is 5.10 Å². The van der Waals surface area contributed by atoms with Gasteiger partial charge in [-0.3, -0.25) is 9.59 Å². The van der Waals surface area contributed by atoms with E-state index in [-0.39, 0.29) is 24.8 Å². The molecule has 0 aromatic heterocycles. The van der Waals surface area contributed by atoms with E-state index in [1.807, 2.05) is 73.6 Å². The Bertz CT molecular complexity index is 1150. The lowest BCUT2D eigenvalue weighted by Crippen LogP contribution is -2.27. The van der Waals surface area contributed by atoms with Crippen LogP contribution in [0.5, 0.6) is 0 Å². The predicted molar refractivity (Wildman–Crippen MR) is 130 cm³/mol. The molecule has 3 aromatic carbocycles. The molecule has 0 fully saturated rings. The van der Waals surface area contributed by atoms with Crippen molar-refractivity contribution in [3.05, 3.63) is 90.0 Å². The Morgan fingerprint density at radius 2 is 1.48 bits per heavy atom. The normalized spacial score (nSPS) is 15.3. The summed E-state index contributed by atoms with van der Waals surface area (Å²) in [6.07, 6.45) is 0.286. The third kappa shape index (κ3) is 5.12. The maximum Gasteiger partial charge on any atom is 0.303 e. The van der Waals surface area contributed by atoms with Crippen LogP contribution in [0.25, 0.3) is 11.1 Å². The molecule has 0 aliphatic carbocycles. The highest BCUT2D eigenvalue weighted by atomic mass is 16.4. The largest absolute Gasteiger partial charge is 0.481 e. The van der Waals surface area contributed by atoms with E-state index in [1.165, 1.54) is 5.01 Å². The number of nitrogens with zero attached hydrogens (tertiary/aromatic N) is 3. The highest BCUT2D eigenvalue weighted by molar-refractivity contribution is 6.03. The van der Waals surface area contributed by atoms with Crippen LogP contribution in [0, 0.1) is 0 Å². The average molecular weight is 442 g/mol. The van der Waals surface area contributed by atoms with Gasteiger partial charge in [0.1, 0.15) is 0 Å². The zero-order valence-corrected chi connectivity index (χ0v) is 18.8. The number of carbonyl (C=O) groups excluding carboxylic acids is 1. The van der Waals surface area contributed by atoms with E-state index in [0.717, 1.165) is 33.7 Å². The summed E-state index contributed by atoms with van der Waals surface area (Å²) < 4.78 is 0. The van der Waals surface area contributed by atoms with Crippen LogP contribution >= 0.6 is 0 Å². The number of anilines is 1. The van der Waals surface area contributed by atoms with Gasteiger partial charge in [0.2, 0.25) is 5.91 Å². The van der Waals surface area contributed by atoms with Crippen molar-refractivity contribution in [1.29, 1.82) is 0 Å². The molecule has 1 aliphatic rings. The fourth-order valence-electron chi connectivity index (χ4n) is 3.98. The quantitative estimate of drug-likeness (QED) is 0.562. The Hall–Kier alpha value is -3.93. The topological polar surface area (TPSA) is 73.2 Å². The fraction of sp³-hybridized carbons (Fsp3) is 0.222. The van der Waals surface area contributed by atoms with E-state index in [1.54, 1.807) is 0 Å². The van der Waals surface area contributed by atoms with Crippen LogP contribution < -0.4 is 4.90 Å². The number of hydrogen-bond donors (Lipinski definition) is 1. The SMILES string of the molecule is CN(C)c1ccc(C2CC(c3ccc(-c4ccccc4)cc3)=NN2C(=O)CCC(=O)O)cc1. The van der Waals surface area contributed by atoms with Gasteiger partial charge in [-0.15, -0.1) is 0 Å². The molecule has 0 saturated heterocycles. The molecule has 33 heavy (non-hydrogen) atoms. The molecule has 1 unspecified atom stereocenters. The number of carboxylic acid groups (broad SMARTS) is 1. The Labute approximate surface area is 193 Å². The van der Waals surface area contributed by atoms with Gasteiger partial charge in [-0.05, 0) is 34.4 Å². The zero-order chi connectivity index (χ0) is 23.4.